The summed E-state index contributed by atoms with van der Waals surface area (Å²) in [5, 5.41) is 0. The number of nitrogens with two attached hydrogens (primary N) is 1. The van der Waals surface area contributed by atoms with Crippen molar-refractivity contribution in [1.29, 1.82) is 0 Å². The SMILES string of the molecule is CC(C)(C)CCOc1cc(Br)ccc1C(N)=S. The highest BCUT2D eigenvalue weighted by Crippen LogP contribution is 2.25. The summed E-state index contributed by atoms with van der Waals surface area (Å²) in [6.45, 7) is 7.22. The van der Waals surface area contributed by atoms with E-state index in [0.29, 0.717) is 11.6 Å². The Hall–Kier alpha value is -0.610. The van der Waals surface area contributed by atoms with Crippen molar-refractivity contribution in [1.82, 2.24) is 0 Å². The van der Waals surface area contributed by atoms with Gasteiger partial charge in [-0.05, 0) is 30.0 Å². The predicted octanol–water partition coefficient (Wildman–Crippen LogP) is 3.90. The standard InChI is InChI=1S/C13H18BrNOS/c1-13(2,3)6-7-16-11-8-9(14)4-5-10(11)12(15)17/h4-5,8H,6-7H2,1-3H3,(H2,15,17). The van der Waals surface area contributed by atoms with Crippen molar-refractivity contribution in [3.05, 3.63) is 28.2 Å². The Morgan fingerprint density at radius 1 is 1.41 bits per heavy atom. The summed E-state index contributed by atoms with van der Waals surface area (Å²) >= 11 is 8.41. The topological polar surface area (TPSA) is 35.2 Å². The van der Waals surface area contributed by atoms with Gasteiger partial charge in [-0.2, -0.15) is 0 Å². The summed E-state index contributed by atoms with van der Waals surface area (Å²) in [6, 6.07) is 5.68. The first-order chi connectivity index (χ1) is 7.79. The summed E-state index contributed by atoms with van der Waals surface area (Å²) in [5.41, 5.74) is 6.71. The predicted molar refractivity (Wildman–Crippen MR) is 79.6 cm³/mol. The van der Waals surface area contributed by atoms with Crippen LogP contribution >= 0.6 is 28.1 Å². The van der Waals surface area contributed by atoms with Crippen molar-refractivity contribution in [2.24, 2.45) is 11.1 Å². The highest BCUT2D eigenvalue weighted by Gasteiger charge is 2.12. The summed E-state index contributed by atoms with van der Waals surface area (Å²) in [7, 11) is 0. The molecule has 1 aromatic rings. The number of rotatable bonds is 4. The van der Waals surface area contributed by atoms with Crippen LogP contribution in [0.5, 0.6) is 5.75 Å². The first kappa shape index (κ1) is 14.5. The van der Waals surface area contributed by atoms with E-state index in [1.165, 1.54) is 0 Å². The van der Waals surface area contributed by atoms with Crippen LogP contribution in [0.15, 0.2) is 22.7 Å². The first-order valence-corrected chi connectivity index (χ1v) is 6.72. The zero-order valence-corrected chi connectivity index (χ0v) is 12.8. The molecule has 0 spiro atoms. The van der Waals surface area contributed by atoms with Gasteiger partial charge in [0.05, 0.1) is 12.2 Å². The molecule has 0 bridgehead atoms. The molecule has 2 N–H and O–H groups in total. The van der Waals surface area contributed by atoms with Crippen LogP contribution in [0, 0.1) is 5.41 Å². The Morgan fingerprint density at radius 3 is 2.59 bits per heavy atom. The normalized spacial score (nSPS) is 11.3. The quantitative estimate of drug-likeness (QED) is 0.856. The number of benzene rings is 1. The second-order valence-corrected chi connectivity index (χ2v) is 6.52. The number of ether oxygens (including phenoxy) is 1. The maximum atomic E-state index is 5.76. The molecule has 0 aliphatic carbocycles. The van der Waals surface area contributed by atoms with E-state index in [-0.39, 0.29) is 5.41 Å². The van der Waals surface area contributed by atoms with Gasteiger partial charge >= 0.3 is 0 Å². The van der Waals surface area contributed by atoms with Gasteiger partial charge in [-0.15, -0.1) is 0 Å². The van der Waals surface area contributed by atoms with Crippen LogP contribution in [-0.2, 0) is 0 Å². The molecule has 0 aromatic heterocycles. The molecule has 1 rings (SSSR count). The third-order valence-corrected chi connectivity index (χ3v) is 3.03. The molecule has 0 unspecified atom stereocenters. The fourth-order valence-corrected chi connectivity index (χ4v) is 1.80. The number of thiocarbonyl (C=S) groups is 1. The monoisotopic (exact) mass is 315 g/mol. The van der Waals surface area contributed by atoms with Gasteiger partial charge < -0.3 is 10.5 Å². The van der Waals surface area contributed by atoms with Gasteiger partial charge in [0, 0.05) is 4.47 Å². The molecule has 0 atom stereocenters. The van der Waals surface area contributed by atoms with Crippen LogP contribution < -0.4 is 10.5 Å². The van der Waals surface area contributed by atoms with Crippen molar-refractivity contribution < 1.29 is 4.74 Å². The van der Waals surface area contributed by atoms with E-state index in [4.69, 9.17) is 22.7 Å². The molecule has 0 saturated carbocycles. The third-order valence-electron chi connectivity index (χ3n) is 2.32. The van der Waals surface area contributed by atoms with Crippen molar-refractivity contribution in [3.63, 3.8) is 0 Å². The maximum Gasteiger partial charge on any atom is 0.130 e. The minimum Gasteiger partial charge on any atom is -0.493 e. The van der Waals surface area contributed by atoms with Gasteiger partial charge in [0.15, 0.2) is 0 Å². The van der Waals surface area contributed by atoms with Crippen molar-refractivity contribution in [2.75, 3.05) is 6.61 Å². The zero-order valence-electron chi connectivity index (χ0n) is 10.4. The molecule has 94 valence electrons. The number of halogens is 1. The molecule has 17 heavy (non-hydrogen) atoms. The summed E-state index contributed by atoms with van der Waals surface area (Å²) in [5.74, 6) is 0.746. The minimum absolute atomic E-state index is 0.259. The van der Waals surface area contributed by atoms with Crippen LogP contribution in [0.1, 0.15) is 32.8 Å². The lowest BCUT2D eigenvalue weighted by Crippen LogP contribution is -2.14. The lowest BCUT2D eigenvalue weighted by molar-refractivity contribution is 0.242. The molecule has 2 nitrogen and oxygen atoms in total. The highest BCUT2D eigenvalue weighted by molar-refractivity contribution is 9.10. The molecule has 0 saturated heterocycles. The average molecular weight is 316 g/mol. The van der Waals surface area contributed by atoms with Crippen molar-refractivity contribution in [2.45, 2.75) is 27.2 Å². The van der Waals surface area contributed by atoms with E-state index in [9.17, 15) is 0 Å². The molecular weight excluding hydrogens is 298 g/mol. The lowest BCUT2D eigenvalue weighted by atomic mass is 9.93. The van der Waals surface area contributed by atoms with Crippen molar-refractivity contribution >= 4 is 33.1 Å². The van der Waals surface area contributed by atoms with E-state index in [1.54, 1.807) is 0 Å². The second-order valence-electron chi connectivity index (χ2n) is 5.16. The first-order valence-electron chi connectivity index (χ1n) is 5.52. The smallest absolute Gasteiger partial charge is 0.130 e. The van der Waals surface area contributed by atoms with Crippen molar-refractivity contribution in [3.8, 4) is 5.75 Å². The van der Waals surface area contributed by atoms with Crippen LogP contribution in [0.4, 0.5) is 0 Å². The van der Waals surface area contributed by atoms with Crippen LogP contribution in [0.3, 0.4) is 0 Å². The van der Waals surface area contributed by atoms with Gasteiger partial charge in [-0.3, -0.25) is 0 Å². The Balaban J connectivity index is 2.75. The van der Waals surface area contributed by atoms with Crippen LogP contribution in [0.2, 0.25) is 0 Å². The highest BCUT2D eigenvalue weighted by atomic mass is 79.9. The lowest BCUT2D eigenvalue weighted by Gasteiger charge is -2.19. The summed E-state index contributed by atoms with van der Waals surface area (Å²) < 4.78 is 6.72. The average Bonchev–Trinajstić information content (AvgIpc) is 2.15. The Labute approximate surface area is 117 Å². The molecule has 0 aliphatic rings. The van der Waals surface area contributed by atoms with E-state index in [0.717, 1.165) is 22.2 Å². The summed E-state index contributed by atoms with van der Waals surface area (Å²) in [6.07, 6.45) is 0.982. The van der Waals surface area contributed by atoms with Crippen LogP contribution in [-0.4, -0.2) is 11.6 Å². The molecule has 0 aliphatic heterocycles. The number of hydrogen-bond donors (Lipinski definition) is 1. The van der Waals surface area contributed by atoms with E-state index in [2.05, 4.69) is 36.7 Å². The Bertz CT molecular complexity index is 412. The molecule has 0 radical (unpaired) electrons. The van der Waals surface area contributed by atoms with Gasteiger partial charge in [0.1, 0.15) is 10.7 Å². The number of hydrogen-bond acceptors (Lipinski definition) is 2. The zero-order chi connectivity index (χ0) is 13.1. The Kier molecular flexibility index (Phi) is 4.95. The molecular formula is C13H18BrNOS. The van der Waals surface area contributed by atoms with Gasteiger partial charge in [0.25, 0.3) is 0 Å². The Morgan fingerprint density at radius 2 is 2.06 bits per heavy atom. The van der Waals surface area contributed by atoms with Gasteiger partial charge in [-0.1, -0.05) is 48.9 Å². The second kappa shape index (κ2) is 5.83. The maximum absolute atomic E-state index is 5.76. The minimum atomic E-state index is 0.259. The van der Waals surface area contributed by atoms with Gasteiger partial charge in [0.2, 0.25) is 0 Å². The summed E-state index contributed by atoms with van der Waals surface area (Å²) in [4.78, 5) is 0.364. The molecule has 0 fully saturated rings. The third kappa shape index (κ3) is 5.04. The van der Waals surface area contributed by atoms with E-state index < -0.39 is 0 Å². The fourth-order valence-electron chi connectivity index (χ4n) is 1.29. The van der Waals surface area contributed by atoms with E-state index >= 15 is 0 Å². The van der Waals surface area contributed by atoms with Crippen LogP contribution in [0.25, 0.3) is 0 Å². The van der Waals surface area contributed by atoms with Gasteiger partial charge in [-0.25, -0.2) is 0 Å². The molecule has 1 aromatic carbocycles. The largest absolute Gasteiger partial charge is 0.493 e. The molecule has 0 amide bonds. The molecule has 0 heterocycles. The van der Waals surface area contributed by atoms with E-state index in [1.807, 2.05) is 18.2 Å². The fraction of sp³-hybridized carbons (Fsp3) is 0.462. The molecule has 4 heteroatoms.